The van der Waals surface area contributed by atoms with E-state index in [0.717, 1.165) is 10.9 Å². The SMILES string of the molecule is [C-]#[N+]c1ccccc1-c1ccc(Cn2ccc3c4nc(N)nc(N)c4ccc32)c(F)c1F. The van der Waals surface area contributed by atoms with Crippen molar-refractivity contribution in [2.24, 2.45) is 0 Å². The molecule has 0 saturated heterocycles. The third kappa shape index (κ3) is 2.99. The van der Waals surface area contributed by atoms with Crippen molar-refractivity contribution in [1.29, 1.82) is 0 Å². The van der Waals surface area contributed by atoms with Gasteiger partial charge in [0.1, 0.15) is 5.82 Å². The van der Waals surface area contributed by atoms with Crippen LogP contribution in [-0.2, 0) is 6.54 Å². The van der Waals surface area contributed by atoms with E-state index in [2.05, 4.69) is 14.8 Å². The Morgan fingerprint density at radius 3 is 2.50 bits per heavy atom. The standard InChI is InChI=1S/C24H16F2N6/c1-29-18-5-3-2-4-14(18)15-7-6-13(20(25)21(15)26)12-32-11-10-16-19(32)9-8-17-22(16)30-24(28)31-23(17)27/h2-11H,12H2,(H4,27,28,30,31). The molecule has 0 aliphatic carbocycles. The molecule has 0 atom stereocenters. The van der Waals surface area contributed by atoms with Gasteiger partial charge in [0.25, 0.3) is 0 Å². The lowest BCUT2D eigenvalue weighted by Gasteiger charge is -2.12. The summed E-state index contributed by atoms with van der Waals surface area (Å²) in [5.41, 5.74) is 13.9. The molecule has 5 aromatic rings. The van der Waals surface area contributed by atoms with Gasteiger partial charge in [-0.15, -0.1) is 0 Å². The summed E-state index contributed by atoms with van der Waals surface area (Å²) in [6, 6.07) is 15.1. The van der Waals surface area contributed by atoms with Crippen LogP contribution in [0.2, 0.25) is 0 Å². The Balaban J connectivity index is 1.58. The van der Waals surface area contributed by atoms with E-state index in [0.29, 0.717) is 16.5 Å². The second-order valence-corrected chi connectivity index (χ2v) is 7.33. The molecule has 6 nitrogen and oxygen atoms in total. The molecule has 8 heteroatoms. The van der Waals surface area contributed by atoms with Gasteiger partial charge in [-0.1, -0.05) is 36.4 Å². The number of nitrogens with two attached hydrogens (primary N) is 2. The Morgan fingerprint density at radius 1 is 0.875 bits per heavy atom. The molecule has 0 saturated carbocycles. The predicted molar refractivity (Wildman–Crippen MR) is 121 cm³/mol. The number of nitrogen functional groups attached to an aromatic ring is 2. The molecule has 0 fully saturated rings. The topological polar surface area (TPSA) is 87.1 Å². The number of nitrogens with zero attached hydrogens (tertiary/aromatic N) is 4. The number of benzene rings is 3. The minimum Gasteiger partial charge on any atom is -0.383 e. The lowest BCUT2D eigenvalue weighted by Crippen LogP contribution is -2.04. The fraction of sp³-hybridized carbons (Fsp3) is 0.0417. The van der Waals surface area contributed by atoms with Crippen molar-refractivity contribution >= 4 is 39.3 Å². The maximum Gasteiger partial charge on any atom is 0.222 e. The van der Waals surface area contributed by atoms with E-state index in [-0.39, 0.29) is 35.1 Å². The van der Waals surface area contributed by atoms with Crippen LogP contribution in [0.4, 0.5) is 26.2 Å². The predicted octanol–water partition coefficient (Wildman–Crippen LogP) is 5.29. The van der Waals surface area contributed by atoms with Crippen LogP contribution in [0, 0.1) is 18.2 Å². The average molecular weight is 426 g/mol. The van der Waals surface area contributed by atoms with Crippen molar-refractivity contribution in [3.63, 3.8) is 0 Å². The quantitative estimate of drug-likeness (QED) is 0.384. The van der Waals surface area contributed by atoms with Crippen molar-refractivity contribution < 1.29 is 8.78 Å². The lowest BCUT2D eigenvalue weighted by molar-refractivity contribution is 0.498. The summed E-state index contributed by atoms with van der Waals surface area (Å²) in [6.07, 6.45) is 1.78. The Labute approximate surface area is 181 Å². The molecule has 156 valence electrons. The van der Waals surface area contributed by atoms with E-state index in [4.69, 9.17) is 18.0 Å². The molecule has 0 aliphatic rings. The van der Waals surface area contributed by atoms with Crippen molar-refractivity contribution in [2.45, 2.75) is 6.54 Å². The van der Waals surface area contributed by atoms with E-state index in [1.807, 2.05) is 12.1 Å². The van der Waals surface area contributed by atoms with Gasteiger partial charge in [0, 0.05) is 28.1 Å². The fourth-order valence-electron chi connectivity index (χ4n) is 3.95. The minimum absolute atomic E-state index is 0.0591. The monoisotopic (exact) mass is 426 g/mol. The molecular weight excluding hydrogens is 410 g/mol. The van der Waals surface area contributed by atoms with Gasteiger partial charge in [-0.25, -0.2) is 18.6 Å². The first-order chi connectivity index (χ1) is 15.5. The van der Waals surface area contributed by atoms with Gasteiger partial charge < -0.3 is 16.0 Å². The van der Waals surface area contributed by atoms with Gasteiger partial charge in [-0.3, -0.25) is 0 Å². The molecule has 0 amide bonds. The number of halogens is 2. The molecule has 5 rings (SSSR count). The number of aromatic nitrogens is 3. The first-order valence-corrected chi connectivity index (χ1v) is 9.72. The molecule has 0 bridgehead atoms. The molecule has 0 spiro atoms. The molecule has 0 unspecified atom stereocenters. The first kappa shape index (κ1) is 19.5. The Bertz CT molecular complexity index is 1570. The van der Waals surface area contributed by atoms with Crippen LogP contribution in [-0.4, -0.2) is 14.5 Å². The fourth-order valence-corrected chi connectivity index (χ4v) is 3.95. The van der Waals surface area contributed by atoms with Crippen LogP contribution < -0.4 is 11.5 Å². The van der Waals surface area contributed by atoms with E-state index in [1.54, 1.807) is 47.2 Å². The smallest absolute Gasteiger partial charge is 0.222 e. The second kappa shape index (κ2) is 7.32. The summed E-state index contributed by atoms with van der Waals surface area (Å²) in [7, 11) is 0. The van der Waals surface area contributed by atoms with E-state index >= 15 is 4.39 Å². The second-order valence-electron chi connectivity index (χ2n) is 7.33. The summed E-state index contributed by atoms with van der Waals surface area (Å²) in [4.78, 5) is 11.7. The van der Waals surface area contributed by atoms with Crippen molar-refractivity contribution in [3.05, 3.63) is 89.4 Å². The largest absolute Gasteiger partial charge is 0.383 e. The first-order valence-electron chi connectivity index (χ1n) is 9.72. The summed E-state index contributed by atoms with van der Waals surface area (Å²) >= 11 is 0. The van der Waals surface area contributed by atoms with Gasteiger partial charge in [0.2, 0.25) is 5.95 Å². The lowest BCUT2D eigenvalue weighted by atomic mass is 10.0. The van der Waals surface area contributed by atoms with Crippen LogP contribution >= 0.6 is 0 Å². The normalized spacial score (nSPS) is 11.2. The Kier molecular flexibility index (Phi) is 4.45. The summed E-state index contributed by atoms with van der Waals surface area (Å²) in [6.45, 7) is 7.38. The number of para-hydroxylation sites is 1. The van der Waals surface area contributed by atoms with Gasteiger partial charge in [0.05, 0.1) is 24.2 Å². The Hall–Kier alpha value is -4.51. The Morgan fingerprint density at radius 2 is 1.69 bits per heavy atom. The third-order valence-electron chi connectivity index (χ3n) is 5.48. The van der Waals surface area contributed by atoms with Crippen LogP contribution in [0.1, 0.15) is 5.56 Å². The van der Waals surface area contributed by atoms with Crippen molar-refractivity contribution in [3.8, 4) is 11.1 Å². The number of hydrogen-bond donors (Lipinski definition) is 2. The molecule has 2 aromatic heterocycles. The van der Waals surface area contributed by atoms with Crippen LogP contribution in [0.5, 0.6) is 0 Å². The molecule has 3 aromatic carbocycles. The number of rotatable bonds is 3. The van der Waals surface area contributed by atoms with Crippen molar-refractivity contribution in [2.75, 3.05) is 11.5 Å². The van der Waals surface area contributed by atoms with E-state index < -0.39 is 11.6 Å². The summed E-state index contributed by atoms with van der Waals surface area (Å²) < 4.78 is 31.8. The van der Waals surface area contributed by atoms with Crippen LogP contribution in [0.3, 0.4) is 0 Å². The summed E-state index contributed by atoms with van der Waals surface area (Å²) in [5.74, 6) is -1.57. The number of hydrogen-bond acceptors (Lipinski definition) is 4. The number of anilines is 2. The molecule has 4 N–H and O–H groups in total. The molecule has 0 aliphatic heterocycles. The van der Waals surface area contributed by atoms with E-state index in [1.165, 1.54) is 6.07 Å². The molecule has 0 radical (unpaired) electrons. The van der Waals surface area contributed by atoms with Gasteiger partial charge in [-0.2, -0.15) is 4.98 Å². The van der Waals surface area contributed by atoms with Gasteiger partial charge >= 0.3 is 0 Å². The molecule has 2 heterocycles. The highest BCUT2D eigenvalue weighted by Crippen LogP contribution is 2.34. The zero-order valence-corrected chi connectivity index (χ0v) is 16.7. The van der Waals surface area contributed by atoms with Crippen LogP contribution in [0.15, 0.2) is 60.8 Å². The minimum atomic E-state index is -0.978. The maximum absolute atomic E-state index is 15.0. The highest BCUT2D eigenvalue weighted by atomic mass is 19.2. The zero-order chi connectivity index (χ0) is 22.4. The van der Waals surface area contributed by atoms with Gasteiger partial charge in [0.15, 0.2) is 17.3 Å². The van der Waals surface area contributed by atoms with Gasteiger partial charge in [-0.05, 0) is 23.8 Å². The van der Waals surface area contributed by atoms with E-state index in [9.17, 15) is 4.39 Å². The maximum atomic E-state index is 15.0. The molecule has 32 heavy (non-hydrogen) atoms. The van der Waals surface area contributed by atoms with Crippen LogP contribution in [0.25, 0.3) is 37.8 Å². The number of fused-ring (bicyclic) bond motifs is 3. The average Bonchev–Trinajstić information content (AvgIpc) is 3.20. The highest BCUT2D eigenvalue weighted by Gasteiger charge is 2.18. The van der Waals surface area contributed by atoms with Crippen molar-refractivity contribution in [1.82, 2.24) is 14.5 Å². The third-order valence-corrected chi connectivity index (χ3v) is 5.48. The zero-order valence-electron chi connectivity index (χ0n) is 16.7. The molecular formula is C24H16F2N6. The summed E-state index contributed by atoms with van der Waals surface area (Å²) in [5, 5.41) is 1.45. The highest BCUT2D eigenvalue weighted by molar-refractivity contribution is 6.07.